The van der Waals surface area contributed by atoms with Crippen molar-refractivity contribution in [3.8, 4) is 11.5 Å². The Morgan fingerprint density at radius 2 is 1.52 bits per heavy atom. The second-order valence-corrected chi connectivity index (χ2v) is 7.19. The monoisotopic (exact) mass is 314 g/mol. The quantitative estimate of drug-likeness (QED) is 0.480. The van der Waals surface area contributed by atoms with Crippen LogP contribution >= 0.6 is 22.7 Å². The molecule has 0 fully saturated rings. The van der Waals surface area contributed by atoms with Crippen LogP contribution in [0.25, 0.3) is 30.9 Å². The third-order valence-corrected chi connectivity index (χ3v) is 5.82. The minimum Gasteiger partial charge on any atom is -0.496 e. The fourth-order valence-corrected chi connectivity index (χ4v) is 4.90. The van der Waals surface area contributed by atoms with E-state index in [4.69, 9.17) is 9.47 Å². The van der Waals surface area contributed by atoms with E-state index in [1.54, 1.807) is 25.6 Å². The van der Waals surface area contributed by atoms with E-state index in [0.29, 0.717) is 0 Å². The minimum atomic E-state index is 0.918. The van der Waals surface area contributed by atoms with Crippen LogP contribution < -0.4 is 9.47 Å². The Labute approximate surface area is 130 Å². The largest absolute Gasteiger partial charge is 0.496 e. The molecule has 0 spiro atoms. The number of benzene rings is 2. The summed E-state index contributed by atoms with van der Waals surface area (Å²) in [7, 11) is 3.47. The minimum absolute atomic E-state index is 0.918. The maximum absolute atomic E-state index is 5.68. The van der Waals surface area contributed by atoms with Crippen molar-refractivity contribution in [1.82, 2.24) is 0 Å². The molecule has 0 amide bonds. The van der Waals surface area contributed by atoms with Gasteiger partial charge in [-0.2, -0.15) is 0 Å². The SMILES string of the molecule is COc1cc2cc(C)sc2c2c(OC)cc3ccsc3c12. The van der Waals surface area contributed by atoms with Crippen molar-refractivity contribution < 1.29 is 9.47 Å². The number of thiophene rings is 2. The molecule has 21 heavy (non-hydrogen) atoms. The summed E-state index contributed by atoms with van der Waals surface area (Å²) in [6.07, 6.45) is 0. The van der Waals surface area contributed by atoms with Gasteiger partial charge >= 0.3 is 0 Å². The maximum atomic E-state index is 5.68. The number of aryl methyl sites for hydroxylation is 1. The average Bonchev–Trinajstić information content (AvgIpc) is 3.09. The van der Waals surface area contributed by atoms with Gasteiger partial charge in [-0.25, -0.2) is 0 Å². The first kappa shape index (κ1) is 12.9. The van der Waals surface area contributed by atoms with Gasteiger partial charge in [0.25, 0.3) is 0 Å². The molecule has 0 N–H and O–H groups in total. The summed E-state index contributed by atoms with van der Waals surface area (Å²) >= 11 is 3.56. The van der Waals surface area contributed by atoms with Crippen LogP contribution in [0.5, 0.6) is 11.5 Å². The molecule has 0 aliphatic heterocycles. The van der Waals surface area contributed by atoms with E-state index in [9.17, 15) is 0 Å². The van der Waals surface area contributed by atoms with Gasteiger partial charge in [0.1, 0.15) is 11.5 Å². The second-order valence-electron chi connectivity index (χ2n) is 5.02. The smallest absolute Gasteiger partial charge is 0.128 e. The molecule has 2 aromatic carbocycles. The third kappa shape index (κ3) is 1.76. The van der Waals surface area contributed by atoms with Crippen molar-refractivity contribution in [2.75, 3.05) is 14.2 Å². The number of hydrogen-bond acceptors (Lipinski definition) is 4. The summed E-state index contributed by atoms with van der Waals surface area (Å²) in [5.74, 6) is 1.84. The Bertz CT molecular complexity index is 977. The maximum Gasteiger partial charge on any atom is 0.128 e. The lowest BCUT2D eigenvalue weighted by Crippen LogP contribution is -1.89. The van der Waals surface area contributed by atoms with Crippen LogP contribution in [0.4, 0.5) is 0 Å². The van der Waals surface area contributed by atoms with Gasteiger partial charge in [-0.3, -0.25) is 0 Å². The lowest BCUT2D eigenvalue weighted by atomic mass is 10.0. The molecule has 0 saturated carbocycles. The Morgan fingerprint density at radius 1 is 0.857 bits per heavy atom. The number of methoxy groups -OCH3 is 2. The predicted molar refractivity (Wildman–Crippen MR) is 92.6 cm³/mol. The summed E-state index contributed by atoms with van der Waals surface area (Å²) in [4.78, 5) is 1.30. The van der Waals surface area contributed by atoms with Crippen LogP contribution in [-0.4, -0.2) is 14.2 Å². The van der Waals surface area contributed by atoms with Crippen molar-refractivity contribution in [2.24, 2.45) is 0 Å². The molecule has 0 radical (unpaired) electrons. The molecule has 4 aromatic rings. The van der Waals surface area contributed by atoms with E-state index in [0.717, 1.165) is 16.9 Å². The van der Waals surface area contributed by atoms with Crippen LogP contribution in [0.3, 0.4) is 0 Å². The molecule has 2 nitrogen and oxygen atoms in total. The lowest BCUT2D eigenvalue weighted by Gasteiger charge is -2.12. The first-order valence-electron chi connectivity index (χ1n) is 6.68. The van der Waals surface area contributed by atoms with Crippen molar-refractivity contribution in [3.63, 3.8) is 0 Å². The van der Waals surface area contributed by atoms with Crippen molar-refractivity contribution in [3.05, 3.63) is 34.5 Å². The summed E-state index contributed by atoms with van der Waals surface area (Å²) in [6, 6.07) is 8.60. The van der Waals surface area contributed by atoms with E-state index in [2.05, 4.69) is 36.6 Å². The molecule has 4 heteroatoms. The second kappa shape index (κ2) is 4.61. The van der Waals surface area contributed by atoms with Gasteiger partial charge in [0, 0.05) is 25.0 Å². The zero-order valence-electron chi connectivity index (χ0n) is 12.0. The van der Waals surface area contributed by atoms with Gasteiger partial charge < -0.3 is 9.47 Å². The molecule has 0 unspecified atom stereocenters. The van der Waals surface area contributed by atoms with E-state index < -0.39 is 0 Å². The zero-order valence-corrected chi connectivity index (χ0v) is 13.7. The molecule has 0 atom stereocenters. The van der Waals surface area contributed by atoms with Crippen LogP contribution in [0.2, 0.25) is 0 Å². The topological polar surface area (TPSA) is 18.5 Å². The molecule has 0 saturated heterocycles. The van der Waals surface area contributed by atoms with Crippen LogP contribution in [-0.2, 0) is 0 Å². The van der Waals surface area contributed by atoms with Gasteiger partial charge in [0.15, 0.2) is 0 Å². The highest BCUT2D eigenvalue weighted by Crippen LogP contribution is 2.47. The Morgan fingerprint density at radius 3 is 2.24 bits per heavy atom. The first-order valence-corrected chi connectivity index (χ1v) is 8.37. The van der Waals surface area contributed by atoms with E-state index in [-0.39, 0.29) is 0 Å². The van der Waals surface area contributed by atoms with E-state index >= 15 is 0 Å². The van der Waals surface area contributed by atoms with Gasteiger partial charge in [-0.05, 0) is 47.3 Å². The van der Waals surface area contributed by atoms with Crippen molar-refractivity contribution in [2.45, 2.75) is 6.92 Å². The molecule has 0 bridgehead atoms. The third-order valence-electron chi connectivity index (χ3n) is 3.79. The number of hydrogen-bond donors (Lipinski definition) is 0. The fourth-order valence-electron chi connectivity index (χ4n) is 2.92. The summed E-state index contributed by atoms with van der Waals surface area (Å²) in [6.45, 7) is 2.14. The Hall–Kier alpha value is -1.78. The van der Waals surface area contributed by atoms with Gasteiger partial charge in [-0.1, -0.05) is 0 Å². The molecule has 106 valence electrons. The Balaban J connectivity index is 2.36. The predicted octanol–water partition coefficient (Wildman–Crippen LogP) is 5.59. The summed E-state index contributed by atoms with van der Waals surface area (Å²) < 4.78 is 13.9. The molecular formula is C17H14O2S2. The highest BCUT2D eigenvalue weighted by atomic mass is 32.1. The van der Waals surface area contributed by atoms with Gasteiger partial charge in [-0.15, -0.1) is 22.7 Å². The zero-order chi connectivity index (χ0) is 14.6. The average molecular weight is 314 g/mol. The standard InChI is InChI=1S/C17H14O2S2/c1-9-6-11-8-13(19-3)14-15(17(11)21-9)12(18-2)7-10-4-5-20-16(10)14/h4-8H,1-3H3. The lowest BCUT2D eigenvalue weighted by molar-refractivity contribution is 0.416. The summed E-state index contributed by atoms with van der Waals surface area (Å²) in [5.41, 5.74) is 0. The Kier molecular flexibility index (Phi) is 2.84. The number of rotatable bonds is 2. The normalized spacial score (nSPS) is 11.6. The molecule has 0 aliphatic rings. The molecule has 2 aromatic heterocycles. The summed E-state index contributed by atoms with van der Waals surface area (Å²) in [5, 5.41) is 6.87. The van der Waals surface area contributed by atoms with E-state index in [1.165, 1.54) is 30.4 Å². The highest BCUT2D eigenvalue weighted by molar-refractivity contribution is 7.20. The van der Waals surface area contributed by atoms with E-state index in [1.807, 2.05) is 11.3 Å². The van der Waals surface area contributed by atoms with Crippen molar-refractivity contribution in [1.29, 1.82) is 0 Å². The highest BCUT2D eigenvalue weighted by Gasteiger charge is 2.17. The first-order chi connectivity index (χ1) is 10.2. The van der Waals surface area contributed by atoms with Gasteiger partial charge in [0.05, 0.1) is 14.2 Å². The van der Waals surface area contributed by atoms with Crippen LogP contribution in [0.1, 0.15) is 4.88 Å². The molecule has 4 rings (SSSR count). The van der Waals surface area contributed by atoms with Crippen LogP contribution in [0, 0.1) is 6.92 Å². The molecule has 0 aliphatic carbocycles. The van der Waals surface area contributed by atoms with Crippen LogP contribution in [0.15, 0.2) is 29.6 Å². The number of fused-ring (bicyclic) bond motifs is 5. The molecular weight excluding hydrogens is 300 g/mol. The fraction of sp³-hybridized carbons (Fsp3) is 0.176. The molecule has 2 heterocycles. The van der Waals surface area contributed by atoms with Crippen molar-refractivity contribution >= 4 is 53.6 Å². The number of ether oxygens (including phenoxy) is 2. The van der Waals surface area contributed by atoms with Gasteiger partial charge in [0.2, 0.25) is 0 Å².